The van der Waals surface area contributed by atoms with Crippen LogP contribution in [0.25, 0.3) is 0 Å². The van der Waals surface area contributed by atoms with Gasteiger partial charge in [0.15, 0.2) is 9.84 Å². The van der Waals surface area contributed by atoms with Gasteiger partial charge >= 0.3 is 0 Å². The Labute approximate surface area is 85.7 Å². The van der Waals surface area contributed by atoms with Crippen molar-refractivity contribution in [2.24, 2.45) is 17.6 Å². The Morgan fingerprint density at radius 2 is 2.14 bits per heavy atom. The third kappa shape index (κ3) is 4.93. The van der Waals surface area contributed by atoms with Gasteiger partial charge in [-0.25, -0.2) is 8.42 Å². The predicted molar refractivity (Wildman–Crippen MR) is 55.5 cm³/mol. The molecule has 0 aromatic rings. The summed E-state index contributed by atoms with van der Waals surface area (Å²) in [4.78, 5) is 0. The molecule has 2 N–H and O–H groups in total. The van der Waals surface area contributed by atoms with E-state index in [0.717, 1.165) is 0 Å². The predicted octanol–water partition coefficient (Wildman–Crippen LogP) is 0.380. The molecule has 1 aliphatic carbocycles. The van der Waals surface area contributed by atoms with Gasteiger partial charge in [0.05, 0.1) is 12.4 Å². The fourth-order valence-corrected chi connectivity index (χ4v) is 2.63. The highest BCUT2D eigenvalue weighted by Crippen LogP contribution is 2.28. The number of hydrogen-bond donors (Lipinski definition) is 1. The molecule has 0 saturated heterocycles. The summed E-state index contributed by atoms with van der Waals surface area (Å²) in [5, 5.41) is 0. The van der Waals surface area contributed by atoms with Crippen molar-refractivity contribution in [2.75, 3.05) is 24.8 Å². The summed E-state index contributed by atoms with van der Waals surface area (Å²) in [6.07, 6.45) is 2.36. The standard InChI is InChI=1S/C9H19NO3S/c1-8(4-10)6-14(11,12)7-13-5-9-2-3-9/h8-9H,2-7,10H2,1H3. The van der Waals surface area contributed by atoms with Crippen molar-refractivity contribution >= 4 is 9.84 Å². The SMILES string of the molecule is CC(CN)CS(=O)(=O)COCC1CC1. The lowest BCUT2D eigenvalue weighted by molar-refractivity contribution is 0.165. The normalized spacial score (nSPS) is 19.6. The van der Waals surface area contributed by atoms with E-state index in [4.69, 9.17) is 10.5 Å². The minimum Gasteiger partial charge on any atom is -0.365 e. The molecule has 0 spiro atoms. The molecule has 1 fully saturated rings. The summed E-state index contributed by atoms with van der Waals surface area (Å²) >= 11 is 0. The monoisotopic (exact) mass is 221 g/mol. The fraction of sp³-hybridized carbons (Fsp3) is 1.00. The number of ether oxygens (including phenoxy) is 1. The van der Waals surface area contributed by atoms with Gasteiger partial charge in [-0.15, -0.1) is 0 Å². The number of nitrogens with two attached hydrogens (primary N) is 1. The van der Waals surface area contributed by atoms with Crippen molar-refractivity contribution in [2.45, 2.75) is 19.8 Å². The Kier molecular flexibility index (Phi) is 4.34. The van der Waals surface area contributed by atoms with Crippen molar-refractivity contribution in [1.82, 2.24) is 0 Å². The Balaban J connectivity index is 2.18. The third-order valence-corrected chi connectivity index (χ3v) is 3.86. The highest BCUT2D eigenvalue weighted by molar-refractivity contribution is 7.91. The zero-order valence-electron chi connectivity index (χ0n) is 8.61. The quantitative estimate of drug-likeness (QED) is 0.675. The van der Waals surface area contributed by atoms with Crippen molar-refractivity contribution < 1.29 is 13.2 Å². The van der Waals surface area contributed by atoms with Crippen molar-refractivity contribution in [3.05, 3.63) is 0 Å². The van der Waals surface area contributed by atoms with Crippen LogP contribution in [0.15, 0.2) is 0 Å². The molecule has 5 heteroatoms. The average Bonchev–Trinajstić information content (AvgIpc) is 2.87. The topological polar surface area (TPSA) is 69.4 Å². The Bertz CT molecular complexity index is 259. The molecule has 84 valence electrons. The Morgan fingerprint density at radius 3 is 2.64 bits per heavy atom. The summed E-state index contributed by atoms with van der Waals surface area (Å²) in [6.45, 7) is 2.83. The maximum Gasteiger partial charge on any atom is 0.174 e. The summed E-state index contributed by atoms with van der Waals surface area (Å²) in [7, 11) is -3.06. The molecule has 1 aliphatic rings. The smallest absolute Gasteiger partial charge is 0.174 e. The van der Waals surface area contributed by atoms with E-state index in [-0.39, 0.29) is 17.6 Å². The van der Waals surface area contributed by atoms with Gasteiger partial charge in [0.1, 0.15) is 5.94 Å². The van der Waals surface area contributed by atoms with Gasteiger partial charge < -0.3 is 10.5 Å². The lowest BCUT2D eigenvalue weighted by atomic mass is 10.2. The van der Waals surface area contributed by atoms with Gasteiger partial charge in [0.2, 0.25) is 0 Å². The van der Waals surface area contributed by atoms with Gasteiger partial charge in [0.25, 0.3) is 0 Å². The Hall–Kier alpha value is -0.130. The number of sulfone groups is 1. The van der Waals surface area contributed by atoms with Gasteiger partial charge in [-0.3, -0.25) is 0 Å². The molecule has 14 heavy (non-hydrogen) atoms. The maximum absolute atomic E-state index is 11.4. The molecule has 0 amide bonds. The molecule has 0 aromatic carbocycles. The molecular formula is C9H19NO3S. The second-order valence-corrected chi connectivity index (χ2v) is 6.24. The number of rotatable bonds is 7. The van der Waals surface area contributed by atoms with E-state index < -0.39 is 9.84 Å². The van der Waals surface area contributed by atoms with Crippen LogP contribution < -0.4 is 5.73 Å². The highest BCUT2D eigenvalue weighted by atomic mass is 32.2. The van der Waals surface area contributed by atoms with Crippen LogP contribution in [0.4, 0.5) is 0 Å². The molecule has 0 heterocycles. The van der Waals surface area contributed by atoms with Crippen LogP contribution in [0.1, 0.15) is 19.8 Å². The summed E-state index contributed by atoms with van der Waals surface area (Å²) in [5.74, 6) is 0.615. The first-order valence-corrected chi connectivity index (χ1v) is 6.84. The van der Waals surface area contributed by atoms with E-state index >= 15 is 0 Å². The van der Waals surface area contributed by atoms with Crippen LogP contribution in [0, 0.1) is 11.8 Å². The average molecular weight is 221 g/mol. The van der Waals surface area contributed by atoms with E-state index in [0.29, 0.717) is 19.1 Å². The molecule has 4 nitrogen and oxygen atoms in total. The lowest BCUT2D eigenvalue weighted by Gasteiger charge is -2.09. The molecule has 1 atom stereocenters. The minimum absolute atomic E-state index is 0.0181. The van der Waals surface area contributed by atoms with Crippen molar-refractivity contribution in [1.29, 1.82) is 0 Å². The Morgan fingerprint density at radius 1 is 1.50 bits per heavy atom. The minimum atomic E-state index is -3.06. The van der Waals surface area contributed by atoms with Crippen molar-refractivity contribution in [3.8, 4) is 0 Å². The number of hydrogen-bond acceptors (Lipinski definition) is 4. The van der Waals surface area contributed by atoms with Crippen molar-refractivity contribution in [3.63, 3.8) is 0 Å². The second-order valence-electron chi connectivity index (χ2n) is 4.18. The van der Waals surface area contributed by atoms with E-state index in [2.05, 4.69) is 0 Å². The molecule has 0 aliphatic heterocycles. The first kappa shape index (κ1) is 11.9. The van der Waals surface area contributed by atoms with Gasteiger partial charge in [-0.2, -0.15) is 0 Å². The van der Waals surface area contributed by atoms with Gasteiger partial charge in [0, 0.05) is 0 Å². The summed E-state index contributed by atoms with van der Waals surface area (Å²) in [5.41, 5.74) is 5.36. The summed E-state index contributed by atoms with van der Waals surface area (Å²) < 4.78 is 28.0. The van der Waals surface area contributed by atoms with Crippen LogP contribution >= 0.6 is 0 Å². The van der Waals surface area contributed by atoms with Gasteiger partial charge in [-0.05, 0) is 31.2 Å². The van der Waals surface area contributed by atoms with Crippen LogP contribution in [0.2, 0.25) is 0 Å². The van der Waals surface area contributed by atoms with Crippen LogP contribution in [-0.2, 0) is 14.6 Å². The third-order valence-electron chi connectivity index (χ3n) is 2.25. The first-order chi connectivity index (χ1) is 6.53. The zero-order valence-corrected chi connectivity index (χ0v) is 9.42. The molecule has 0 radical (unpaired) electrons. The maximum atomic E-state index is 11.4. The molecular weight excluding hydrogens is 202 g/mol. The second kappa shape index (κ2) is 5.09. The van der Waals surface area contributed by atoms with Crippen LogP contribution in [-0.4, -0.2) is 33.3 Å². The van der Waals surface area contributed by atoms with Crippen LogP contribution in [0.5, 0.6) is 0 Å². The molecule has 1 unspecified atom stereocenters. The molecule has 1 rings (SSSR count). The fourth-order valence-electron chi connectivity index (χ4n) is 1.18. The summed E-state index contributed by atoms with van der Waals surface area (Å²) in [6, 6.07) is 0. The molecule has 1 saturated carbocycles. The van der Waals surface area contributed by atoms with E-state index in [1.807, 2.05) is 6.92 Å². The van der Waals surface area contributed by atoms with Gasteiger partial charge in [-0.1, -0.05) is 6.92 Å². The first-order valence-electron chi connectivity index (χ1n) is 5.01. The lowest BCUT2D eigenvalue weighted by Crippen LogP contribution is -2.24. The zero-order chi connectivity index (χ0) is 10.6. The van der Waals surface area contributed by atoms with Crippen LogP contribution in [0.3, 0.4) is 0 Å². The van der Waals surface area contributed by atoms with E-state index in [9.17, 15) is 8.42 Å². The highest BCUT2D eigenvalue weighted by Gasteiger charge is 2.23. The molecule has 0 aromatic heterocycles. The largest absolute Gasteiger partial charge is 0.365 e. The van der Waals surface area contributed by atoms with E-state index in [1.54, 1.807) is 0 Å². The molecule has 0 bridgehead atoms. The van der Waals surface area contributed by atoms with E-state index in [1.165, 1.54) is 12.8 Å².